The lowest BCUT2D eigenvalue weighted by Crippen LogP contribution is -2.53. The molecule has 0 radical (unpaired) electrons. The highest BCUT2D eigenvalue weighted by molar-refractivity contribution is 6.30. The topological polar surface area (TPSA) is 84.6 Å². The fourth-order valence-electron chi connectivity index (χ4n) is 3.71. The van der Waals surface area contributed by atoms with Crippen LogP contribution in [0.2, 0.25) is 5.02 Å². The minimum absolute atomic E-state index is 0. The SMILES string of the molecule is COc1nc(N2CCN(C(=O)[C@H](N)Cc3ccc(Cl)cc3)CC2)c2ccccc2n1.Cl.Cl. The van der Waals surface area contributed by atoms with Crippen molar-refractivity contribution in [1.82, 2.24) is 14.9 Å². The monoisotopic (exact) mass is 497 g/mol. The van der Waals surface area contributed by atoms with E-state index in [-0.39, 0.29) is 30.7 Å². The highest BCUT2D eigenvalue weighted by Gasteiger charge is 2.27. The van der Waals surface area contributed by atoms with E-state index in [0.29, 0.717) is 43.6 Å². The molecule has 2 aromatic carbocycles. The summed E-state index contributed by atoms with van der Waals surface area (Å²) in [6.07, 6.45) is 0.490. The molecule has 32 heavy (non-hydrogen) atoms. The van der Waals surface area contributed by atoms with Gasteiger partial charge in [0.15, 0.2) is 0 Å². The van der Waals surface area contributed by atoms with Crippen molar-refractivity contribution in [1.29, 1.82) is 0 Å². The number of amides is 1. The van der Waals surface area contributed by atoms with Gasteiger partial charge in [0, 0.05) is 36.6 Å². The molecule has 4 rings (SSSR count). The minimum atomic E-state index is -0.572. The van der Waals surface area contributed by atoms with Gasteiger partial charge < -0.3 is 20.3 Å². The van der Waals surface area contributed by atoms with Gasteiger partial charge in [-0.3, -0.25) is 4.79 Å². The van der Waals surface area contributed by atoms with E-state index in [1.165, 1.54) is 0 Å². The van der Waals surface area contributed by atoms with Crippen molar-refractivity contribution >= 4 is 59.0 Å². The third-order valence-corrected chi connectivity index (χ3v) is 5.57. The highest BCUT2D eigenvalue weighted by Crippen LogP contribution is 2.27. The van der Waals surface area contributed by atoms with Gasteiger partial charge in [-0.2, -0.15) is 9.97 Å². The molecule has 1 aliphatic rings. The van der Waals surface area contributed by atoms with E-state index in [1.54, 1.807) is 7.11 Å². The van der Waals surface area contributed by atoms with Crippen LogP contribution in [0, 0.1) is 0 Å². The zero-order chi connectivity index (χ0) is 21.1. The van der Waals surface area contributed by atoms with E-state index in [1.807, 2.05) is 53.4 Å². The molecule has 0 aliphatic carbocycles. The van der Waals surface area contributed by atoms with Gasteiger partial charge in [0.25, 0.3) is 0 Å². The number of hydrogen-bond acceptors (Lipinski definition) is 6. The first-order valence-corrected chi connectivity index (χ1v) is 10.3. The Kier molecular flexibility index (Phi) is 9.33. The number of ether oxygens (including phenoxy) is 1. The molecule has 0 saturated carbocycles. The Balaban J connectivity index is 0.00000181. The van der Waals surface area contributed by atoms with Gasteiger partial charge in [-0.25, -0.2) is 0 Å². The van der Waals surface area contributed by atoms with Crippen LogP contribution in [0.15, 0.2) is 48.5 Å². The zero-order valence-electron chi connectivity index (χ0n) is 17.6. The minimum Gasteiger partial charge on any atom is -0.467 e. The molecule has 1 aliphatic heterocycles. The molecule has 10 heteroatoms. The standard InChI is InChI=1S/C22H24ClN5O2.2ClH/c1-30-22-25-19-5-3-2-4-17(19)20(26-22)27-10-12-28(13-11-27)21(29)18(24)14-15-6-8-16(23)9-7-15;;/h2-9,18H,10-14,24H2,1H3;2*1H/t18-;;/m1../s1. The largest absolute Gasteiger partial charge is 0.467 e. The fourth-order valence-corrected chi connectivity index (χ4v) is 3.83. The van der Waals surface area contributed by atoms with Gasteiger partial charge in [-0.05, 0) is 36.2 Å². The molecule has 3 aromatic rings. The summed E-state index contributed by atoms with van der Waals surface area (Å²) in [6.45, 7) is 2.52. The molecule has 1 fully saturated rings. The highest BCUT2D eigenvalue weighted by atomic mass is 35.5. The summed E-state index contributed by atoms with van der Waals surface area (Å²) in [5.41, 5.74) is 8.04. The molecule has 0 spiro atoms. The molecule has 1 saturated heterocycles. The number of nitrogens with zero attached hydrogens (tertiary/aromatic N) is 4. The van der Waals surface area contributed by atoms with E-state index < -0.39 is 6.04 Å². The van der Waals surface area contributed by atoms with E-state index >= 15 is 0 Å². The fraction of sp³-hybridized carbons (Fsp3) is 0.318. The second-order valence-electron chi connectivity index (χ2n) is 7.30. The summed E-state index contributed by atoms with van der Waals surface area (Å²) in [5, 5.41) is 1.64. The lowest BCUT2D eigenvalue weighted by atomic mass is 10.1. The summed E-state index contributed by atoms with van der Waals surface area (Å²) in [5.74, 6) is 0.796. The summed E-state index contributed by atoms with van der Waals surface area (Å²) >= 11 is 5.92. The Morgan fingerprint density at radius 1 is 1.06 bits per heavy atom. The maximum Gasteiger partial charge on any atom is 0.318 e. The number of hydrogen-bond donors (Lipinski definition) is 1. The number of piperazine rings is 1. The van der Waals surface area contributed by atoms with Gasteiger partial charge in [0.1, 0.15) is 5.82 Å². The number of carbonyl (C=O) groups is 1. The smallest absolute Gasteiger partial charge is 0.318 e. The van der Waals surface area contributed by atoms with Crippen LogP contribution in [-0.4, -0.2) is 60.1 Å². The van der Waals surface area contributed by atoms with Crippen LogP contribution in [0.25, 0.3) is 10.9 Å². The average Bonchev–Trinajstić information content (AvgIpc) is 2.79. The summed E-state index contributed by atoms with van der Waals surface area (Å²) in [4.78, 5) is 25.8. The first kappa shape index (κ1) is 25.9. The quantitative estimate of drug-likeness (QED) is 0.581. The molecule has 1 aromatic heterocycles. The summed E-state index contributed by atoms with van der Waals surface area (Å²) in [6, 6.07) is 15.1. The predicted molar refractivity (Wildman–Crippen MR) is 133 cm³/mol. The summed E-state index contributed by atoms with van der Waals surface area (Å²) < 4.78 is 5.27. The molecule has 1 amide bonds. The van der Waals surface area contributed by atoms with Crippen molar-refractivity contribution in [2.45, 2.75) is 12.5 Å². The maximum atomic E-state index is 12.8. The predicted octanol–water partition coefficient (Wildman–Crippen LogP) is 3.35. The van der Waals surface area contributed by atoms with E-state index in [0.717, 1.165) is 22.3 Å². The first-order valence-electron chi connectivity index (χ1n) is 9.89. The van der Waals surface area contributed by atoms with Gasteiger partial charge in [0.2, 0.25) is 5.91 Å². The van der Waals surface area contributed by atoms with Crippen molar-refractivity contribution in [2.24, 2.45) is 5.73 Å². The van der Waals surface area contributed by atoms with Crippen LogP contribution in [0.5, 0.6) is 6.01 Å². The van der Waals surface area contributed by atoms with Crippen molar-refractivity contribution in [2.75, 3.05) is 38.2 Å². The van der Waals surface area contributed by atoms with Gasteiger partial charge in [0.05, 0.1) is 18.7 Å². The second-order valence-corrected chi connectivity index (χ2v) is 7.74. The first-order chi connectivity index (χ1) is 14.5. The number of para-hydroxylation sites is 1. The number of benzene rings is 2. The third kappa shape index (κ3) is 5.72. The number of halogens is 3. The van der Waals surface area contributed by atoms with Crippen molar-refractivity contribution in [3.63, 3.8) is 0 Å². The van der Waals surface area contributed by atoms with E-state index in [9.17, 15) is 4.79 Å². The Hall–Kier alpha value is -2.32. The Labute approximate surface area is 204 Å². The van der Waals surface area contributed by atoms with Gasteiger partial charge in [-0.15, -0.1) is 24.8 Å². The Morgan fingerprint density at radius 3 is 2.38 bits per heavy atom. The van der Waals surface area contributed by atoms with Crippen LogP contribution < -0.4 is 15.4 Å². The molecule has 2 heterocycles. The van der Waals surface area contributed by atoms with Gasteiger partial charge >= 0.3 is 6.01 Å². The van der Waals surface area contributed by atoms with Crippen molar-refractivity contribution < 1.29 is 9.53 Å². The maximum absolute atomic E-state index is 12.8. The molecule has 172 valence electrons. The van der Waals surface area contributed by atoms with Crippen molar-refractivity contribution in [3.8, 4) is 6.01 Å². The molecular weight excluding hydrogens is 473 g/mol. The van der Waals surface area contributed by atoms with Crippen LogP contribution in [0.4, 0.5) is 5.82 Å². The van der Waals surface area contributed by atoms with E-state index in [2.05, 4.69) is 14.9 Å². The zero-order valence-corrected chi connectivity index (χ0v) is 20.0. The van der Waals surface area contributed by atoms with Crippen LogP contribution >= 0.6 is 36.4 Å². The number of fused-ring (bicyclic) bond motifs is 1. The molecule has 2 N–H and O–H groups in total. The molecular formula is C22H26Cl3N5O2. The number of rotatable bonds is 5. The summed E-state index contributed by atoms with van der Waals surface area (Å²) in [7, 11) is 1.56. The average molecular weight is 499 g/mol. The van der Waals surface area contributed by atoms with Crippen LogP contribution in [0.3, 0.4) is 0 Å². The number of nitrogens with two attached hydrogens (primary N) is 1. The molecule has 0 bridgehead atoms. The normalized spacial score (nSPS) is 14.3. The Bertz CT molecular complexity index is 1040. The Morgan fingerprint density at radius 2 is 1.72 bits per heavy atom. The molecule has 0 unspecified atom stereocenters. The van der Waals surface area contributed by atoms with Gasteiger partial charge in [-0.1, -0.05) is 35.9 Å². The molecule has 1 atom stereocenters. The second kappa shape index (κ2) is 11.5. The van der Waals surface area contributed by atoms with Crippen LogP contribution in [0.1, 0.15) is 5.56 Å². The third-order valence-electron chi connectivity index (χ3n) is 5.32. The van der Waals surface area contributed by atoms with Crippen molar-refractivity contribution in [3.05, 3.63) is 59.1 Å². The number of anilines is 1. The number of methoxy groups -OCH3 is 1. The van der Waals surface area contributed by atoms with Crippen LogP contribution in [-0.2, 0) is 11.2 Å². The molecule has 7 nitrogen and oxygen atoms in total. The lowest BCUT2D eigenvalue weighted by Gasteiger charge is -2.36. The lowest BCUT2D eigenvalue weighted by molar-refractivity contribution is -0.132. The number of carbonyl (C=O) groups excluding carboxylic acids is 1. The number of aromatic nitrogens is 2. The van der Waals surface area contributed by atoms with E-state index in [4.69, 9.17) is 22.1 Å².